The van der Waals surface area contributed by atoms with Crippen LogP contribution in [0, 0.1) is 13.8 Å². The van der Waals surface area contributed by atoms with Crippen LogP contribution in [-0.4, -0.2) is 58.2 Å². The summed E-state index contributed by atoms with van der Waals surface area (Å²) in [4.78, 5) is 16.6. The molecule has 0 bridgehead atoms. The van der Waals surface area contributed by atoms with Crippen molar-refractivity contribution in [3.05, 3.63) is 15.9 Å². The fourth-order valence-corrected chi connectivity index (χ4v) is 2.65. The highest BCUT2D eigenvalue weighted by Crippen LogP contribution is 2.19. The summed E-state index contributed by atoms with van der Waals surface area (Å²) in [6.45, 7) is 11.1. The number of halogens is 1. The predicted octanol–water partition coefficient (Wildman–Crippen LogP) is 1.43. The Morgan fingerprint density at radius 2 is 1.89 bits per heavy atom. The zero-order chi connectivity index (χ0) is 14.0. The summed E-state index contributed by atoms with van der Waals surface area (Å²) >= 11 is 3.49. The molecule has 2 heterocycles. The molecule has 0 unspecified atom stereocenters. The maximum Gasteiger partial charge on any atom is 0.244 e. The zero-order valence-corrected chi connectivity index (χ0v) is 13.4. The smallest absolute Gasteiger partial charge is 0.244 e. The SMILES string of the molecule is CCN1CCN(C(=O)Cn2nc(C)c(Br)c2C)CC1. The van der Waals surface area contributed by atoms with Crippen LogP contribution in [0.5, 0.6) is 0 Å². The van der Waals surface area contributed by atoms with E-state index in [1.165, 1.54) is 0 Å². The van der Waals surface area contributed by atoms with Crippen molar-refractivity contribution in [2.45, 2.75) is 27.3 Å². The number of hydrogen-bond acceptors (Lipinski definition) is 3. The number of aryl methyl sites for hydroxylation is 1. The molecule has 5 nitrogen and oxygen atoms in total. The van der Waals surface area contributed by atoms with Gasteiger partial charge in [-0.05, 0) is 36.3 Å². The van der Waals surface area contributed by atoms with Crippen LogP contribution in [0.4, 0.5) is 0 Å². The largest absolute Gasteiger partial charge is 0.339 e. The van der Waals surface area contributed by atoms with Gasteiger partial charge in [-0.15, -0.1) is 0 Å². The molecule has 106 valence electrons. The standard InChI is InChI=1S/C13H21BrN4O/c1-4-16-5-7-17(8-6-16)12(19)9-18-11(3)13(14)10(2)15-18/h4-9H2,1-3H3. The van der Waals surface area contributed by atoms with Gasteiger partial charge < -0.3 is 9.80 Å². The van der Waals surface area contributed by atoms with Gasteiger partial charge in [-0.25, -0.2) is 0 Å². The minimum absolute atomic E-state index is 0.161. The summed E-state index contributed by atoms with van der Waals surface area (Å²) in [5.41, 5.74) is 1.94. The van der Waals surface area contributed by atoms with Gasteiger partial charge in [0.2, 0.25) is 5.91 Å². The lowest BCUT2D eigenvalue weighted by atomic mass is 10.3. The second-order valence-electron chi connectivity index (χ2n) is 4.96. The molecule has 0 radical (unpaired) electrons. The normalized spacial score (nSPS) is 16.9. The second-order valence-corrected chi connectivity index (χ2v) is 5.75. The lowest BCUT2D eigenvalue weighted by molar-refractivity contribution is -0.133. The fourth-order valence-electron chi connectivity index (χ4n) is 2.37. The van der Waals surface area contributed by atoms with E-state index in [0.717, 1.165) is 48.6 Å². The maximum absolute atomic E-state index is 12.3. The predicted molar refractivity (Wildman–Crippen MR) is 78.1 cm³/mol. The Balaban J connectivity index is 1.96. The summed E-state index contributed by atoms with van der Waals surface area (Å²) < 4.78 is 2.78. The molecule has 0 atom stereocenters. The van der Waals surface area contributed by atoms with Gasteiger partial charge >= 0.3 is 0 Å². The van der Waals surface area contributed by atoms with E-state index < -0.39 is 0 Å². The molecular formula is C13H21BrN4O. The highest BCUT2D eigenvalue weighted by Gasteiger charge is 2.21. The molecule has 0 aliphatic carbocycles. The van der Waals surface area contributed by atoms with Crippen molar-refractivity contribution >= 4 is 21.8 Å². The minimum atomic E-state index is 0.161. The number of rotatable bonds is 3. The summed E-state index contributed by atoms with van der Waals surface area (Å²) in [6.07, 6.45) is 0. The van der Waals surface area contributed by atoms with Gasteiger partial charge in [0, 0.05) is 26.2 Å². The number of carbonyl (C=O) groups is 1. The first kappa shape index (κ1) is 14.5. The highest BCUT2D eigenvalue weighted by atomic mass is 79.9. The Kier molecular flexibility index (Phi) is 4.62. The van der Waals surface area contributed by atoms with Crippen LogP contribution in [0.15, 0.2) is 4.47 Å². The van der Waals surface area contributed by atoms with Crippen molar-refractivity contribution < 1.29 is 4.79 Å². The van der Waals surface area contributed by atoms with Gasteiger partial charge in [0.25, 0.3) is 0 Å². The molecule has 1 fully saturated rings. The molecule has 1 aliphatic rings. The first-order valence-corrected chi connectivity index (χ1v) is 7.51. The molecule has 1 aliphatic heterocycles. The highest BCUT2D eigenvalue weighted by molar-refractivity contribution is 9.10. The van der Waals surface area contributed by atoms with Gasteiger partial charge in [0.05, 0.1) is 15.9 Å². The number of aromatic nitrogens is 2. The molecule has 0 spiro atoms. The number of likely N-dealkylation sites (N-methyl/N-ethyl adjacent to an activating group) is 1. The molecule has 1 aromatic heterocycles. The number of piperazine rings is 1. The summed E-state index contributed by atoms with van der Waals surface area (Å²) in [7, 11) is 0. The Morgan fingerprint density at radius 1 is 1.26 bits per heavy atom. The topological polar surface area (TPSA) is 41.4 Å². The van der Waals surface area contributed by atoms with Crippen molar-refractivity contribution in [3.63, 3.8) is 0 Å². The quantitative estimate of drug-likeness (QED) is 0.842. The van der Waals surface area contributed by atoms with Gasteiger partial charge in [-0.2, -0.15) is 5.10 Å². The van der Waals surface area contributed by atoms with Crippen LogP contribution in [0.25, 0.3) is 0 Å². The van der Waals surface area contributed by atoms with Crippen molar-refractivity contribution in [1.29, 1.82) is 0 Å². The molecule has 1 amide bonds. The molecule has 0 saturated carbocycles. The van der Waals surface area contributed by atoms with Crippen LogP contribution in [-0.2, 0) is 11.3 Å². The third-order valence-corrected chi connectivity index (χ3v) is 4.90. The van der Waals surface area contributed by atoms with Crippen molar-refractivity contribution in [3.8, 4) is 0 Å². The third-order valence-electron chi connectivity index (χ3n) is 3.75. The van der Waals surface area contributed by atoms with E-state index in [1.54, 1.807) is 4.68 Å². The molecule has 19 heavy (non-hydrogen) atoms. The van der Waals surface area contributed by atoms with Gasteiger partial charge in [0.1, 0.15) is 6.54 Å². The molecule has 1 aromatic rings. The number of amides is 1. The maximum atomic E-state index is 12.3. The number of nitrogens with zero attached hydrogens (tertiary/aromatic N) is 4. The lowest BCUT2D eigenvalue weighted by Crippen LogP contribution is -2.49. The van der Waals surface area contributed by atoms with E-state index in [0.29, 0.717) is 6.54 Å². The molecule has 0 N–H and O–H groups in total. The van der Waals surface area contributed by atoms with E-state index >= 15 is 0 Å². The van der Waals surface area contributed by atoms with Gasteiger partial charge in [-0.3, -0.25) is 9.48 Å². The first-order chi connectivity index (χ1) is 9.02. The first-order valence-electron chi connectivity index (χ1n) is 6.72. The van der Waals surface area contributed by atoms with E-state index in [9.17, 15) is 4.79 Å². The lowest BCUT2D eigenvalue weighted by Gasteiger charge is -2.34. The Labute approximate surface area is 122 Å². The van der Waals surface area contributed by atoms with Gasteiger partial charge in [0.15, 0.2) is 0 Å². The van der Waals surface area contributed by atoms with E-state index in [4.69, 9.17) is 0 Å². The fraction of sp³-hybridized carbons (Fsp3) is 0.692. The summed E-state index contributed by atoms with van der Waals surface area (Å²) in [5.74, 6) is 0.161. The molecule has 2 rings (SSSR count). The van der Waals surface area contributed by atoms with Crippen LogP contribution in [0.2, 0.25) is 0 Å². The molecule has 1 saturated heterocycles. The van der Waals surface area contributed by atoms with E-state index in [-0.39, 0.29) is 5.91 Å². The zero-order valence-electron chi connectivity index (χ0n) is 11.8. The van der Waals surface area contributed by atoms with Crippen LogP contribution < -0.4 is 0 Å². The minimum Gasteiger partial charge on any atom is -0.339 e. The van der Waals surface area contributed by atoms with Crippen LogP contribution in [0.1, 0.15) is 18.3 Å². The second kappa shape index (κ2) is 6.05. The number of carbonyl (C=O) groups excluding carboxylic acids is 1. The molecular weight excluding hydrogens is 308 g/mol. The Morgan fingerprint density at radius 3 is 2.37 bits per heavy atom. The molecule has 6 heteroatoms. The van der Waals surface area contributed by atoms with Crippen LogP contribution in [0.3, 0.4) is 0 Å². The van der Waals surface area contributed by atoms with Crippen molar-refractivity contribution in [2.24, 2.45) is 0 Å². The van der Waals surface area contributed by atoms with Crippen molar-refractivity contribution in [1.82, 2.24) is 19.6 Å². The van der Waals surface area contributed by atoms with E-state index in [1.807, 2.05) is 18.7 Å². The third kappa shape index (κ3) is 3.17. The Hall–Kier alpha value is -0.880. The number of hydrogen-bond donors (Lipinski definition) is 0. The van der Waals surface area contributed by atoms with E-state index in [2.05, 4.69) is 32.9 Å². The van der Waals surface area contributed by atoms with Gasteiger partial charge in [-0.1, -0.05) is 6.92 Å². The molecule has 0 aromatic carbocycles. The summed E-state index contributed by atoms with van der Waals surface area (Å²) in [6, 6.07) is 0. The summed E-state index contributed by atoms with van der Waals surface area (Å²) in [5, 5.41) is 4.39. The van der Waals surface area contributed by atoms with Crippen LogP contribution >= 0.6 is 15.9 Å². The monoisotopic (exact) mass is 328 g/mol. The Bertz CT molecular complexity index is 463. The van der Waals surface area contributed by atoms with Crippen molar-refractivity contribution in [2.75, 3.05) is 32.7 Å². The average Bonchev–Trinajstić information content (AvgIpc) is 2.66. The average molecular weight is 329 g/mol.